The van der Waals surface area contributed by atoms with E-state index in [1.807, 2.05) is 11.9 Å². The third-order valence-corrected chi connectivity index (χ3v) is 4.01. The fraction of sp³-hybridized carbons (Fsp3) is 0.733. The Labute approximate surface area is 126 Å². The second-order valence-electron chi connectivity index (χ2n) is 5.60. The normalized spacial score (nSPS) is 19.0. The number of anilines is 2. The Kier molecular flexibility index (Phi) is 5.73. The minimum atomic E-state index is -0.361. The lowest BCUT2D eigenvalue weighted by molar-refractivity contribution is 0.270. The first-order valence-electron chi connectivity index (χ1n) is 7.87. The van der Waals surface area contributed by atoms with Gasteiger partial charge in [0, 0.05) is 26.2 Å². The molecule has 0 saturated carbocycles. The lowest BCUT2D eigenvalue weighted by atomic mass is 10.2. The second kappa shape index (κ2) is 7.54. The van der Waals surface area contributed by atoms with Gasteiger partial charge in [0.15, 0.2) is 11.6 Å². The Morgan fingerprint density at radius 1 is 1.48 bits per heavy atom. The largest absolute Gasteiger partial charge is 0.356 e. The topological polar surface area (TPSA) is 44.3 Å². The summed E-state index contributed by atoms with van der Waals surface area (Å²) in [6, 6.07) is 0.487. The van der Waals surface area contributed by atoms with Crippen LogP contribution in [0.5, 0.6) is 0 Å². The standard InChI is InChI=1S/C15H26FN5/c1-4-8-17-15-18-10-13(16)14(19-15)20(3)11-12-7-6-9-21(12)5-2/h10,12H,4-9,11H2,1-3H3,(H,17,18,19). The highest BCUT2D eigenvalue weighted by Gasteiger charge is 2.25. The molecule has 1 saturated heterocycles. The van der Waals surface area contributed by atoms with Crippen LogP contribution < -0.4 is 10.2 Å². The maximum atomic E-state index is 14.0. The molecular formula is C15H26FN5. The first kappa shape index (κ1) is 15.9. The van der Waals surface area contributed by atoms with Crippen molar-refractivity contribution in [1.29, 1.82) is 0 Å². The van der Waals surface area contributed by atoms with Gasteiger partial charge in [-0.15, -0.1) is 0 Å². The molecule has 0 aromatic carbocycles. The van der Waals surface area contributed by atoms with Crippen molar-refractivity contribution < 1.29 is 4.39 Å². The SMILES string of the molecule is CCCNc1ncc(F)c(N(C)CC2CCCN2CC)n1. The van der Waals surface area contributed by atoms with E-state index in [9.17, 15) is 4.39 Å². The van der Waals surface area contributed by atoms with Gasteiger partial charge in [-0.05, 0) is 32.4 Å². The molecule has 1 aliphatic rings. The van der Waals surface area contributed by atoms with Crippen molar-refractivity contribution in [3.63, 3.8) is 0 Å². The number of halogens is 1. The summed E-state index contributed by atoms with van der Waals surface area (Å²) < 4.78 is 14.0. The van der Waals surface area contributed by atoms with Gasteiger partial charge in [-0.2, -0.15) is 4.98 Å². The van der Waals surface area contributed by atoms with Crippen LogP contribution in [0.1, 0.15) is 33.1 Å². The van der Waals surface area contributed by atoms with Crippen molar-refractivity contribution in [3.05, 3.63) is 12.0 Å². The van der Waals surface area contributed by atoms with Crippen LogP contribution in [0.25, 0.3) is 0 Å². The van der Waals surface area contributed by atoms with E-state index in [2.05, 4.69) is 34.0 Å². The van der Waals surface area contributed by atoms with Crippen molar-refractivity contribution in [1.82, 2.24) is 14.9 Å². The number of nitrogens with one attached hydrogen (secondary N) is 1. The van der Waals surface area contributed by atoms with Crippen LogP contribution in [0, 0.1) is 5.82 Å². The first-order valence-corrected chi connectivity index (χ1v) is 7.87. The van der Waals surface area contributed by atoms with Crippen molar-refractivity contribution in [2.24, 2.45) is 0 Å². The van der Waals surface area contributed by atoms with E-state index < -0.39 is 0 Å². The van der Waals surface area contributed by atoms with Crippen LogP contribution >= 0.6 is 0 Å². The van der Waals surface area contributed by atoms with Crippen molar-refractivity contribution >= 4 is 11.8 Å². The fourth-order valence-electron chi connectivity index (χ4n) is 2.87. The summed E-state index contributed by atoms with van der Waals surface area (Å²) in [5, 5.41) is 3.10. The van der Waals surface area contributed by atoms with Crippen molar-refractivity contribution in [2.75, 3.05) is 43.4 Å². The molecule has 1 aromatic heterocycles. The molecule has 0 spiro atoms. The molecule has 1 unspecified atom stereocenters. The molecular weight excluding hydrogens is 269 g/mol. The van der Waals surface area contributed by atoms with Crippen LogP contribution in [0.2, 0.25) is 0 Å². The predicted octanol–water partition coefficient (Wildman–Crippen LogP) is 2.36. The molecule has 1 atom stereocenters. The van der Waals surface area contributed by atoms with Crippen LogP contribution in [-0.2, 0) is 0 Å². The van der Waals surface area contributed by atoms with Crippen molar-refractivity contribution in [2.45, 2.75) is 39.2 Å². The Bertz CT molecular complexity index is 454. The summed E-state index contributed by atoms with van der Waals surface area (Å²) in [5.74, 6) is 0.519. The summed E-state index contributed by atoms with van der Waals surface area (Å²) in [7, 11) is 1.90. The van der Waals surface area contributed by atoms with E-state index in [0.29, 0.717) is 17.8 Å². The summed E-state index contributed by atoms with van der Waals surface area (Å²) in [5.41, 5.74) is 0. The molecule has 118 valence electrons. The lowest BCUT2D eigenvalue weighted by Crippen LogP contribution is -2.39. The van der Waals surface area contributed by atoms with Gasteiger partial charge in [0.1, 0.15) is 0 Å². The zero-order chi connectivity index (χ0) is 15.2. The lowest BCUT2D eigenvalue weighted by Gasteiger charge is -2.28. The minimum absolute atomic E-state index is 0.361. The molecule has 1 fully saturated rings. The van der Waals surface area contributed by atoms with E-state index >= 15 is 0 Å². The molecule has 2 heterocycles. The molecule has 21 heavy (non-hydrogen) atoms. The van der Waals surface area contributed by atoms with Gasteiger partial charge < -0.3 is 10.2 Å². The first-order chi connectivity index (χ1) is 10.2. The Balaban J connectivity index is 2.05. The van der Waals surface area contributed by atoms with Gasteiger partial charge in [0.25, 0.3) is 0 Å². The van der Waals surface area contributed by atoms with Gasteiger partial charge >= 0.3 is 0 Å². The van der Waals surface area contributed by atoms with E-state index in [1.165, 1.54) is 19.0 Å². The maximum absolute atomic E-state index is 14.0. The molecule has 2 rings (SSSR count). The summed E-state index contributed by atoms with van der Waals surface area (Å²) in [4.78, 5) is 12.7. The monoisotopic (exact) mass is 295 g/mol. The summed E-state index contributed by atoms with van der Waals surface area (Å²) in [6.07, 6.45) is 4.64. The predicted molar refractivity (Wildman–Crippen MR) is 84.3 cm³/mol. The number of rotatable bonds is 7. The Hall–Kier alpha value is -1.43. The zero-order valence-electron chi connectivity index (χ0n) is 13.3. The molecule has 5 nitrogen and oxygen atoms in total. The van der Waals surface area contributed by atoms with Gasteiger partial charge in [-0.3, -0.25) is 4.90 Å². The minimum Gasteiger partial charge on any atom is -0.356 e. The number of aromatic nitrogens is 2. The highest BCUT2D eigenvalue weighted by Crippen LogP contribution is 2.21. The smallest absolute Gasteiger partial charge is 0.224 e. The van der Waals surface area contributed by atoms with E-state index in [4.69, 9.17) is 0 Å². The van der Waals surface area contributed by atoms with E-state index in [0.717, 1.165) is 32.6 Å². The number of nitrogens with zero attached hydrogens (tertiary/aromatic N) is 4. The quantitative estimate of drug-likeness (QED) is 0.836. The second-order valence-corrected chi connectivity index (χ2v) is 5.60. The maximum Gasteiger partial charge on any atom is 0.224 e. The highest BCUT2D eigenvalue weighted by atomic mass is 19.1. The number of likely N-dealkylation sites (tertiary alicyclic amines) is 1. The molecule has 0 bridgehead atoms. The third kappa shape index (κ3) is 4.03. The number of hydrogen-bond donors (Lipinski definition) is 1. The molecule has 0 radical (unpaired) electrons. The van der Waals surface area contributed by atoms with E-state index in [-0.39, 0.29) is 5.82 Å². The van der Waals surface area contributed by atoms with Crippen LogP contribution in [0.3, 0.4) is 0 Å². The van der Waals surface area contributed by atoms with Crippen LogP contribution in [0.15, 0.2) is 6.20 Å². The Morgan fingerprint density at radius 3 is 3.00 bits per heavy atom. The van der Waals surface area contributed by atoms with Gasteiger partial charge in [0.05, 0.1) is 6.20 Å². The summed E-state index contributed by atoms with van der Waals surface area (Å²) in [6.45, 7) is 8.04. The fourth-order valence-corrected chi connectivity index (χ4v) is 2.87. The van der Waals surface area contributed by atoms with E-state index in [1.54, 1.807) is 0 Å². The highest BCUT2D eigenvalue weighted by molar-refractivity contribution is 5.43. The number of hydrogen-bond acceptors (Lipinski definition) is 5. The summed E-state index contributed by atoms with van der Waals surface area (Å²) >= 11 is 0. The van der Waals surface area contributed by atoms with Gasteiger partial charge in [0.2, 0.25) is 5.95 Å². The Morgan fingerprint density at radius 2 is 2.29 bits per heavy atom. The molecule has 1 aromatic rings. The molecule has 1 aliphatic heterocycles. The molecule has 6 heteroatoms. The van der Waals surface area contributed by atoms with Crippen LogP contribution in [-0.4, -0.2) is 54.1 Å². The molecule has 0 aliphatic carbocycles. The van der Waals surface area contributed by atoms with Gasteiger partial charge in [-0.1, -0.05) is 13.8 Å². The van der Waals surface area contributed by atoms with Crippen molar-refractivity contribution in [3.8, 4) is 0 Å². The van der Waals surface area contributed by atoms with Crippen LogP contribution in [0.4, 0.5) is 16.2 Å². The average Bonchev–Trinajstić information content (AvgIpc) is 2.93. The number of likely N-dealkylation sites (N-methyl/N-ethyl adjacent to an activating group) is 2. The molecule has 1 N–H and O–H groups in total. The zero-order valence-corrected chi connectivity index (χ0v) is 13.3. The average molecular weight is 295 g/mol. The molecule has 0 amide bonds. The van der Waals surface area contributed by atoms with Gasteiger partial charge in [-0.25, -0.2) is 9.37 Å². The third-order valence-electron chi connectivity index (χ3n) is 4.01.